The molecule has 0 bridgehead atoms. The van der Waals surface area contributed by atoms with E-state index in [-0.39, 0.29) is 52.9 Å². The molecule has 420 valence electrons. The highest BCUT2D eigenvalue weighted by atomic mass is 16.5. The second-order valence-electron chi connectivity index (χ2n) is 26.2. The van der Waals surface area contributed by atoms with Crippen molar-refractivity contribution in [3.8, 4) is 0 Å². The first-order valence-electron chi connectivity index (χ1n) is 30.6. The summed E-state index contributed by atoms with van der Waals surface area (Å²) >= 11 is 0. The summed E-state index contributed by atoms with van der Waals surface area (Å²) in [4.78, 5) is 61.9. The van der Waals surface area contributed by atoms with Gasteiger partial charge in [-0.15, -0.1) is 0 Å². The van der Waals surface area contributed by atoms with Gasteiger partial charge in [0.2, 0.25) is 0 Å². The molecule has 1 atom stereocenters. The van der Waals surface area contributed by atoms with Gasteiger partial charge in [-0.3, -0.25) is 19.2 Å². The first kappa shape index (κ1) is 60.8. The van der Waals surface area contributed by atoms with Gasteiger partial charge < -0.3 is 19.4 Å². The summed E-state index contributed by atoms with van der Waals surface area (Å²) in [5.74, 6) is 1.47. The third-order valence-corrected chi connectivity index (χ3v) is 18.0. The SMILES string of the molecule is Cc1ccc(N2C=C(C(=O)CCCCCCCCC(=O)C3=CN(c4ccc(C)c(C5CN(CC(C)C)C=C(C(=O)CCC(=O)OCCCC6CCCCCCCCCCC6)C5(C)C)c4)CCC3(C)C)C(C)(C)CC2)cc1. The minimum Gasteiger partial charge on any atom is -0.466 e. The fourth-order valence-corrected chi connectivity index (χ4v) is 12.7. The number of aryl methyl sites for hydroxylation is 2. The summed E-state index contributed by atoms with van der Waals surface area (Å²) in [6.45, 7) is 25.8. The summed E-state index contributed by atoms with van der Waals surface area (Å²) in [5, 5.41) is 0. The zero-order valence-corrected chi connectivity index (χ0v) is 49.6. The van der Waals surface area contributed by atoms with E-state index in [4.69, 9.17) is 4.74 Å². The second kappa shape index (κ2) is 29.0. The topological polar surface area (TPSA) is 87.2 Å². The van der Waals surface area contributed by atoms with Gasteiger partial charge in [-0.05, 0) is 110 Å². The van der Waals surface area contributed by atoms with Crippen LogP contribution in [0, 0.1) is 41.9 Å². The maximum absolute atomic E-state index is 14.3. The molecule has 8 heteroatoms. The fraction of sp³-hybridized carbons (Fsp3) is 0.676. The molecular formula is C68H103N3O5. The van der Waals surface area contributed by atoms with Crippen molar-refractivity contribution in [2.45, 2.75) is 236 Å². The van der Waals surface area contributed by atoms with Crippen LogP contribution in [0.4, 0.5) is 11.4 Å². The molecule has 0 spiro atoms. The monoisotopic (exact) mass is 1040 g/mol. The summed E-state index contributed by atoms with van der Waals surface area (Å²) in [7, 11) is 0. The van der Waals surface area contributed by atoms with Gasteiger partial charge in [0.1, 0.15) is 0 Å². The predicted molar refractivity (Wildman–Crippen MR) is 317 cm³/mol. The van der Waals surface area contributed by atoms with E-state index in [0.29, 0.717) is 25.4 Å². The van der Waals surface area contributed by atoms with Gasteiger partial charge in [0, 0.05) is 103 Å². The van der Waals surface area contributed by atoms with Crippen LogP contribution in [0.2, 0.25) is 0 Å². The summed E-state index contributed by atoms with van der Waals surface area (Å²) < 4.78 is 5.76. The molecule has 0 saturated heterocycles. The highest BCUT2D eigenvalue weighted by Gasteiger charge is 2.43. The van der Waals surface area contributed by atoms with Gasteiger partial charge in [-0.25, -0.2) is 0 Å². The van der Waals surface area contributed by atoms with Crippen LogP contribution < -0.4 is 9.80 Å². The smallest absolute Gasteiger partial charge is 0.306 e. The number of Topliss-reactive ketones (excluding diaryl/α,β-unsaturated/α-hetero) is 3. The molecule has 6 rings (SSSR count). The second-order valence-corrected chi connectivity index (χ2v) is 26.2. The summed E-state index contributed by atoms with van der Waals surface area (Å²) in [6, 6.07) is 15.3. The van der Waals surface area contributed by atoms with Crippen LogP contribution in [0.25, 0.3) is 0 Å². The Morgan fingerprint density at radius 3 is 1.63 bits per heavy atom. The minimum absolute atomic E-state index is 0.0294. The molecule has 1 aliphatic carbocycles. The quantitative estimate of drug-likeness (QED) is 0.0759. The molecule has 0 amide bonds. The van der Waals surface area contributed by atoms with Crippen molar-refractivity contribution in [1.82, 2.24) is 4.90 Å². The van der Waals surface area contributed by atoms with E-state index in [2.05, 4.69) is 145 Å². The first-order valence-corrected chi connectivity index (χ1v) is 30.6. The number of ether oxygens (including phenoxy) is 1. The van der Waals surface area contributed by atoms with Crippen LogP contribution in [0.1, 0.15) is 239 Å². The Bertz CT molecular complexity index is 2300. The number of hydrogen-bond donors (Lipinski definition) is 0. The van der Waals surface area contributed by atoms with Crippen LogP contribution in [0.15, 0.2) is 77.8 Å². The highest BCUT2D eigenvalue weighted by Crippen LogP contribution is 2.48. The molecule has 3 aliphatic heterocycles. The predicted octanol–water partition coefficient (Wildman–Crippen LogP) is 17.1. The standard InChI is InChI=1S/C68H103N3O5/c1-51(2)46-69-47-58(68(9,10)61(48-69)64(74)38-39-65(75)76-44-26-29-54-27-22-18-14-12-11-13-15-19-23-28-54)57-45-56(37-34-53(57)4)71-43-41-67(7,8)60(50-71)63(73)31-25-21-17-16-20-24-30-62(72)59-49-70(42-40-66(59,5)6)55-35-32-52(3)33-36-55/h32-37,45,48-51,54,58H,11-31,38-44,46-47H2,1-10H3. The van der Waals surface area contributed by atoms with Crippen LogP contribution in [0.3, 0.4) is 0 Å². The van der Waals surface area contributed by atoms with Crippen molar-refractivity contribution in [2.24, 2.45) is 28.1 Å². The number of esters is 1. The molecule has 2 aromatic carbocycles. The van der Waals surface area contributed by atoms with E-state index in [9.17, 15) is 19.2 Å². The van der Waals surface area contributed by atoms with E-state index in [0.717, 1.165) is 124 Å². The Morgan fingerprint density at radius 1 is 0.579 bits per heavy atom. The number of anilines is 2. The molecule has 1 unspecified atom stereocenters. The van der Waals surface area contributed by atoms with Crippen molar-refractivity contribution < 1.29 is 23.9 Å². The van der Waals surface area contributed by atoms with Gasteiger partial charge in [0.05, 0.1) is 13.0 Å². The average Bonchev–Trinajstić information content (AvgIpc) is 3.39. The number of ketones is 3. The first-order chi connectivity index (χ1) is 36.2. The Balaban J connectivity index is 0.998. The summed E-state index contributed by atoms with van der Waals surface area (Å²) in [5.41, 5.74) is 7.72. The van der Waals surface area contributed by atoms with Crippen LogP contribution >= 0.6 is 0 Å². The highest BCUT2D eigenvalue weighted by molar-refractivity contribution is 5.99. The molecule has 2 aromatic rings. The Kier molecular flexibility index (Phi) is 23.2. The molecule has 4 aliphatic rings. The van der Waals surface area contributed by atoms with Gasteiger partial charge in [-0.1, -0.05) is 175 Å². The third kappa shape index (κ3) is 17.8. The molecule has 3 heterocycles. The Morgan fingerprint density at radius 2 is 1.08 bits per heavy atom. The lowest BCUT2D eigenvalue weighted by Crippen LogP contribution is -2.43. The molecule has 0 N–H and O–H groups in total. The average molecular weight is 1040 g/mol. The molecule has 1 saturated carbocycles. The number of carbonyl (C=O) groups excluding carboxylic acids is 4. The molecule has 76 heavy (non-hydrogen) atoms. The molecule has 1 fully saturated rings. The van der Waals surface area contributed by atoms with E-state index < -0.39 is 5.41 Å². The third-order valence-electron chi connectivity index (χ3n) is 18.0. The Hall–Kier alpha value is -4.46. The van der Waals surface area contributed by atoms with E-state index in [1.807, 2.05) is 0 Å². The minimum atomic E-state index is -0.474. The van der Waals surface area contributed by atoms with E-state index in [1.54, 1.807) is 0 Å². The normalized spacial score (nSPS) is 20.5. The van der Waals surface area contributed by atoms with E-state index >= 15 is 0 Å². The van der Waals surface area contributed by atoms with Gasteiger partial charge in [0.25, 0.3) is 0 Å². The van der Waals surface area contributed by atoms with Gasteiger partial charge >= 0.3 is 5.97 Å². The lowest BCUT2D eigenvalue weighted by molar-refractivity contribution is -0.144. The van der Waals surface area contributed by atoms with Crippen LogP contribution in [-0.2, 0) is 23.9 Å². The zero-order chi connectivity index (χ0) is 54.9. The number of allylic oxidation sites excluding steroid dienone is 3. The number of benzene rings is 2. The number of carbonyl (C=O) groups is 4. The van der Waals surface area contributed by atoms with Crippen molar-refractivity contribution in [3.05, 3.63) is 94.5 Å². The maximum atomic E-state index is 14.3. The Labute approximate surface area is 462 Å². The molecule has 0 aromatic heterocycles. The lowest BCUT2D eigenvalue weighted by Gasteiger charge is -2.45. The number of unbranched alkanes of at least 4 members (excludes halogenated alkanes) is 5. The van der Waals surface area contributed by atoms with Gasteiger partial charge in [0.15, 0.2) is 17.3 Å². The molecular weight excluding hydrogens is 939 g/mol. The largest absolute Gasteiger partial charge is 0.466 e. The van der Waals surface area contributed by atoms with Crippen LogP contribution in [0.5, 0.6) is 0 Å². The van der Waals surface area contributed by atoms with Crippen molar-refractivity contribution in [1.29, 1.82) is 0 Å². The number of hydrogen-bond acceptors (Lipinski definition) is 8. The molecule has 0 radical (unpaired) electrons. The van der Waals surface area contributed by atoms with E-state index in [1.165, 1.54) is 87.3 Å². The maximum Gasteiger partial charge on any atom is 0.306 e. The zero-order valence-electron chi connectivity index (χ0n) is 49.6. The van der Waals surface area contributed by atoms with Crippen LogP contribution in [-0.4, -0.2) is 61.0 Å². The number of rotatable bonds is 24. The van der Waals surface area contributed by atoms with Crippen molar-refractivity contribution in [3.63, 3.8) is 0 Å². The summed E-state index contributed by atoms with van der Waals surface area (Å²) in [6.07, 6.45) is 32.4. The molecule has 8 nitrogen and oxygen atoms in total. The fourth-order valence-electron chi connectivity index (χ4n) is 12.7. The van der Waals surface area contributed by atoms with Crippen molar-refractivity contribution >= 4 is 34.7 Å². The van der Waals surface area contributed by atoms with Crippen molar-refractivity contribution in [2.75, 3.05) is 42.6 Å². The lowest BCUT2D eigenvalue weighted by atomic mass is 9.66. The van der Waals surface area contributed by atoms with Gasteiger partial charge in [-0.2, -0.15) is 0 Å². The number of nitrogens with zero attached hydrogens (tertiary/aromatic N) is 3.